The second-order valence-corrected chi connectivity index (χ2v) is 5.56. The molecule has 0 saturated heterocycles. The van der Waals surface area contributed by atoms with E-state index in [1.54, 1.807) is 17.5 Å². The van der Waals surface area contributed by atoms with Gasteiger partial charge in [0.05, 0.1) is 12.1 Å². The minimum Gasteiger partial charge on any atom is -0.346 e. The zero-order chi connectivity index (χ0) is 14.4. The maximum absolute atomic E-state index is 12.2. The van der Waals surface area contributed by atoms with E-state index in [2.05, 4.69) is 10.3 Å². The van der Waals surface area contributed by atoms with Gasteiger partial charge in [0.15, 0.2) is 0 Å². The first-order valence-electron chi connectivity index (χ1n) is 6.70. The van der Waals surface area contributed by atoms with Gasteiger partial charge < -0.3 is 11.1 Å². The molecule has 0 aliphatic carbocycles. The SMILES string of the molecule is CCC(NC(=O)[C@H](N)Cc1ccccc1)c1nccs1. The molecule has 1 unspecified atom stereocenters. The molecule has 0 aliphatic rings. The van der Waals surface area contributed by atoms with Crippen LogP contribution in [0, 0.1) is 0 Å². The lowest BCUT2D eigenvalue weighted by Gasteiger charge is -2.18. The van der Waals surface area contributed by atoms with Crippen molar-refractivity contribution in [2.45, 2.75) is 31.8 Å². The number of nitrogens with one attached hydrogen (secondary N) is 1. The summed E-state index contributed by atoms with van der Waals surface area (Å²) < 4.78 is 0. The molecule has 20 heavy (non-hydrogen) atoms. The molecule has 106 valence electrons. The molecule has 4 nitrogen and oxygen atoms in total. The summed E-state index contributed by atoms with van der Waals surface area (Å²) in [6, 6.07) is 9.21. The van der Waals surface area contributed by atoms with Crippen molar-refractivity contribution in [3.8, 4) is 0 Å². The number of rotatable bonds is 6. The van der Waals surface area contributed by atoms with Gasteiger partial charge in [0.1, 0.15) is 5.01 Å². The van der Waals surface area contributed by atoms with Crippen LogP contribution in [0.5, 0.6) is 0 Å². The molecular weight excluding hydrogens is 270 g/mol. The summed E-state index contributed by atoms with van der Waals surface area (Å²) in [5.41, 5.74) is 7.04. The lowest BCUT2D eigenvalue weighted by Crippen LogP contribution is -2.43. The van der Waals surface area contributed by atoms with Crippen molar-refractivity contribution < 1.29 is 4.79 Å². The van der Waals surface area contributed by atoms with Gasteiger partial charge in [-0.15, -0.1) is 11.3 Å². The Labute approximate surface area is 123 Å². The number of hydrogen-bond donors (Lipinski definition) is 2. The summed E-state index contributed by atoms with van der Waals surface area (Å²) in [6.45, 7) is 2.02. The fraction of sp³-hybridized carbons (Fsp3) is 0.333. The minimum atomic E-state index is -0.536. The Hall–Kier alpha value is -1.72. The Bertz CT molecular complexity index is 527. The molecule has 5 heteroatoms. The average Bonchev–Trinajstić information content (AvgIpc) is 2.99. The number of aromatic nitrogens is 1. The van der Waals surface area contributed by atoms with Crippen molar-refractivity contribution in [1.82, 2.24) is 10.3 Å². The van der Waals surface area contributed by atoms with Gasteiger partial charge in [-0.1, -0.05) is 37.3 Å². The number of hydrogen-bond acceptors (Lipinski definition) is 4. The predicted octanol–water partition coefficient (Wildman–Crippen LogP) is 2.28. The van der Waals surface area contributed by atoms with Crippen LogP contribution in [0.15, 0.2) is 41.9 Å². The predicted molar refractivity (Wildman–Crippen MR) is 81.4 cm³/mol. The smallest absolute Gasteiger partial charge is 0.237 e. The molecule has 0 bridgehead atoms. The third-order valence-electron chi connectivity index (χ3n) is 3.11. The Balaban J connectivity index is 1.93. The van der Waals surface area contributed by atoms with Crippen LogP contribution in [-0.2, 0) is 11.2 Å². The molecule has 1 heterocycles. The highest BCUT2D eigenvalue weighted by Crippen LogP contribution is 2.18. The zero-order valence-electron chi connectivity index (χ0n) is 11.5. The minimum absolute atomic E-state index is 0.0516. The highest BCUT2D eigenvalue weighted by molar-refractivity contribution is 7.09. The van der Waals surface area contributed by atoms with Crippen molar-refractivity contribution in [3.63, 3.8) is 0 Å². The number of nitrogens with two attached hydrogens (primary N) is 1. The van der Waals surface area contributed by atoms with Gasteiger partial charge >= 0.3 is 0 Å². The third kappa shape index (κ3) is 3.88. The number of nitrogens with zero attached hydrogens (tertiary/aromatic N) is 1. The Morgan fingerprint density at radius 2 is 2.15 bits per heavy atom. The summed E-state index contributed by atoms with van der Waals surface area (Å²) in [5, 5.41) is 5.81. The van der Waals surface area contributed by atoms with Crippen LogP contribution in [0.25, 0.3) is 0 Å². The Kier molecular flexibility index (Phi) is 5.26. The normalized spacial score (nSPS) is 13.7. The van der Waals surface area contributed by atoms with Crippen molar-refractivity contribution in [1.29, 1.82) is 0 Å². The standard InChI is InChI=1S/C15H19N3OS/c1-2-13(15-17-8-9-20-15)18-14(19)12(16)10-11-6-4-3-5-7-11/h3-9,12-13H,2,10,16H2,1H3,(H,18,19)/t12-,13?/m1/s1. The molecule has 1 aromatic carbocycles. The van der Waals surface area contributed by atoms with Crippen LogP contribution in [0.3, 0.4) is 0 Å². The first-order chi connectivity index (χ1) is 9.70. The van der Waals surface area contributed by atoms with E-state index in [1.165, 1.54) is 0 Å². The summed E-state index contributed by atoms with van der Waals surface area (Å²) in [4.78, 5) is 16.4. The van der Waals surface area contributed by atoms with Gasteiger partial charge in [-0.3, -0.25) is 4.79 Å². The highest BCUT2D eigenvalue weighted by atomic mass is 32.1. The molecular formula is C15H19N3OS. The fourth-order valence-electron chi connectivity index (χ4n) is 1.98. The molecule has 0 fully saturated rings. The molecule has 3 N–H and O–H groups in total. The molecule has 2 rings (SSSR count). The van der Waals surface area contributed by atoms with Crippen LogP contribution < -0.4 is 11.1 Å². The lowest BCUT2D eigenvalue weighted by molar-refractivity contribution is -0.123. The lowest BCUT2D eigenvalue weighted by atomic mass is 10.1. The average molecular weight is 289 g/mol. The number of benzene rings is 1. The topological polar surface area (TPSA) is 68.0 Å². The Morgan fingerprint density at radius 1 is 1.40 bits per heavy atom. The van der Waals surface area contributed by atoms with Gasteiger partial charge in [-0.2, -0.15) is 0 Å². The summed E-state index contributed by atoms with van der Waals surface area (Å²) in [6.07, 6.45) is 3.09. The maximum atomic E-state index is 12.2. The second kappa shape index (κ2) is 7.17. The molecule has 0 radical (unpaired) electrons. The summed E-state index contributed by atoms with van der Waals surface area (Å²) >= 11 is 1.55. The van der Waals surface area contributed by atoms with E-state index in [9.17, 15) is 4.79 Å². The first kappa shape index (κ1) is 14.7. The molecule has 0 saturated carbocycles. The van der Waals surface area contributed by atoms with E-state index >= 15 is 0 Å². The van der Waals surface area contributed by atoms with E-state index in [-0.39, 0.29) is 11.9 Å². The number of carbonyl (C=O) groups is 1. The molecule has 2 aromatic rings. The Morgan fingerprint density at radius 3 is 2.75 bits per heavy atom. The highest BCUT2D eigenvalue weighted by Gasteiger charge is 2.19. The number of amides is 1. The number of thiazole rings is 1. The molecule has 1 aromatic heterocycles. The fourth-order valence-corrected chi connectivity index (χ4v) is 2.76. The van der Waals surface area contributed by atoms with E-state index in [0.29, 0.717) is 6.42 Å². The van der Waals surface area contributed by atoms with Crippen LogP contribution in [0.2, 0.25) is 0 Å². The van der Waals surface area contributed by atoms with Crippen molar-refractivity contribution >= 4 is 17.2 Å². The first-order valence-corrected chi connectivity index (χ1v) is 7.58. The van der Waals surface area contributed by atoms with E-state index < -0.39 is 6.04 Å². The van der Waals surface area contributed by atoms with E-state index in [1.807, 2.05) is 42.6 Å². The summed E-state index contributed by atoms with van der Waals surface area (Å²) in [5.74, 6) is -0.129. The van der Waals surface area contributed by atoms with Gasteiger partial charge in [-0.05, 0) is 18.4 Å². The van der Waals surface area contributed by atoms with Gasteiger partial charge in [0.25, 0.3) is 0 Å². The summed E-state index contributed by atoms with van der Waals surface area (Å²) in [7, 11) is 0. The number of carbonyl (C=O) groups excluding carboxylic acids is 1. The largest absolute Gasteiger partial charge is 0.346 e. The van der Waals surface area contributed by atoms with E-state index in [0.717, 1.165) is 17.0 Å². The van der Waals surface area contributed by atoms with Gasteiger partial charge in [0, 0.05) is 11.6 Å². The molecule has 0 spiro atoms. The monoisotopic (exact) mass is 289 g/mol. The van der Waals surface area contributed by atoms with Gasteiger partial charge in [0.2, 0.25) is 5.91 Å². The van der Waals surface area contributed by atoms with Crippen LogP contribution in [0.1, 0.15) is 30.0 Å². The quantitative estimate of drug-likeness (QED) is 0.857. The van der Waals surface area contributed by atoms with E-state index in [4.69, 9.17) is 5.73 Å². The van der Waals surface area contributed by atoms with Crippen molar-refractivity contribution in [2.75, 3.05) is 0 Å². The molecule has 0 aliphatic heterocycles. The molecule has 2 atom stereocenters. The van der Waals surface area contributed by atoms with Crippen molar-refractivity contribution in [3.05, 3.63) is 52.5 Å². The maximum Gasteiger partial charge on any atom is 0.237 e. The van der Waals surface area contributed by atoms with Gasteiger partial charge in [-0.25, -0.2) is 4.98 Å². The van der Waals surface area contributed by atoms with Crippen LogP contribution in [-0.4, -0.2) is 16.9 Å². The third-order valence-corrected chi connectivity index (χ3v) is 4.00. The molecule has 1 amide bonds. The zero-order valence-corrected chi connectivity index (χ0v) is 12.3. The van der Waals surface area contributed by atoms with Crippen LogP contribution in [0.4, 0.5) is 0 Å². The van der Waals surface area contributed by atoms with Crippen LogP contribution >= 0.6 is 11.3 Å². The second-order valence-electron chi connectivity index (χ2n) is 4.64. The van der Waals surface area contributed by atoms with Crippen molar-refractivity contribution in [2.24, 2.45) is 5.73 Å².